The first-order valence-corrected chi connectivity index (χ1v) is 15.1. The smallest absolute Gasteiger partial charge is 0.135 e. The maximum atomic E-state index is 6.30. The van der Waals surface area contributed by atoms with Crippen LogP contribution in [0.15, 0.2) is 146 Å². The Morgan fingerprint density at radius 1 is 0.333 bits per heavy atom. The second kappa shape index (κ2) is 9.17. The molecule has 2 heteroatoms. The van der Waals surface area contributed by atoms with Crippen molar-refractivity contribution in [3.05, 3.63) is 146 Å². The maximum absolute atomic E-state index is 6.30. The number of thiophene rings is 1. The quantitative estimate of drug-likeness (QED) is 0.212. The molecule has 42 heavy (non-hydrogen) atoms. The summed E-state index contributed by atoms with van der Waals surface area (Å²) in [5, 5.41) is 5.08. The Morgan fingerprint density at radius 2 is 0.929 bits per heavy atom. The van der Waals surface area contributed by atoms with Crippen molar-refractivity contribution < 1.29 is 4.74 Å². The van der Waals surface area contributed by atoms with E-state index < -0.39 is 0 Å². The molecule has 0 radical (unpaired) electrons. The van der Waals surface area contributed by atoms with E-state index in [1.165, 1.54) is 69.9 Å². The summed E-state index contributed by atoms with van der Waals surface area (Å²) in [6, 6.07) is 52.5. The van der Waals surface area contributed by atoms with E-state index in [-0.39, 0.29) is 0 Å². The Kier molecular flexibility index (Phi) is 5.13. The van der Waals surface area contributed by atoms with Gasteiger partial charge in [-0.15, -0.1) is 11.3 Å². The highest BCUT2D eigenvalue weighted by molar-refractivity contribution is 7.25. The molecule has 2 heterocycles. The Labute approximate surface area is 247 Å². The molecule has 0 saturated carbocycles. The number of ether oxygens (including phenoxy) is 1. The third-order valence-corrected chi connectivity index (χ3v) is 9.66. The molecule has 0 fully saturated rings. The molecule has 0 spiro atoms. The van der Waals surface area contributed by atoms with Gasteiger partial charge in [-0.05, 0) is 68.6 Å². The lowest BCUT2D eigenvalue weighted by Crippen LogP contribution is -1.97. The van der Waals surface area contributed by atoms with Crippen LogP contribution in [0, 0.1) is 0 Å². The number of para-hydroxylation sites is 1. The lowest BCUT2D eigenvalue weighted by Gasteiger charge is -2.22. The summed E-state index contributed by atoms with van der Waals surface area (Å²) in [6.07, 6.45) is 0. The summed E-state index contributed by atoms with van der Waals surface area (Å²) in [7, 11) is 0. The number of benzene rings is 7. The molecule has 8 aromatic rings. The van der Waals surface area contributed by atoms with Gasteiger partial charge in [0.1, 0.15) is 11.5 Å². The molecule has 0 N–H and O–H groups in total. The van der Waals surface area contributed by atoms with Crippen LogP contribution in [0.5, 0.6) is 11.5 Å². The van der Waals surface area contributed by atoms with E-state index in [9.17, 15) is 0 Å². The van der Waals surface area contributed by atoms with Crippen molar-refractivity contribution in [3.63, 3.8) is 0 Å². The van der Waals surface area contributed by atoms with E-state index in [1.54, 1.807) is 0 Å². The van der Waals surface area contributed by atoms with Crippen LogP contribution < -0.4 is 4.74 Å². The van der Waals surface area contributed by atoms with Crippen LogP contribution in [-0.4, -0.2) is 0 Å². The van der Waals surface area contributed by atoms with Crippen LogP contribution >= 0.6 is 11.3 Å². The van der Waals surface area contributed by atoms with Gasteiger partial charge in [0, 0.05) is 31.1 Å². The fraction of sp³-hybridized carbons (Fsp3) is 0. The summed E-state index contributed by atoms with van der Waals surface area (Å²) in [5.74, 6) is 1.84. The van der Waals surface area contributed by atoms with Crippen LogP contribution in [0.3, 0.4) is 0 Å². The van der Waals surface area contributed by atoms with Crippen molar-refractivity contribution in [2.45, 2.75) is 0 Å². The highest BCUT2D eigenvalue weighted by Gasteiger charge is 2.21. The predicted molar refractivity (Wildman–Crippen MR) is 179 cm³/mol. The van der Waals surface area contributed by atoms with Gasteiger partial charge in [0.25, 0.3) is 0 Å². The first-order chi connectivity index (χ1) is 20.8. The van der Waals surface area contributed by atoms with E-state index in [4.69, 9.17) is 4.74 Å². The van der Waals surface area contributed by atoms with Crippen LogP contribution in [0.4, 0.5) is 0 Å². The first kappa shape index (κ1) is 23.5. The van der Waals surface area contributed by atoms with E-state index in [0.29, 0.717) is 0 Å². The molecular weight excluding hydrogens is 529 g/mol. The fourth-order valence-corrected chi connectivity index (χ4v) is 7.66. The zero-order valence-electron chi connectivity index (χ0n) is 22.7. The van der Waals surface area contributed by atoms with Gasteiger partial charge in [-0.2, -0.15) is 0 Å². The van der Waals surface area contributed by atoms with Crippen molar-refractivity contribution in [2.75, 3.05) is 0 Å². The Morgan fingerprint density at radius 3 is 1.76 bits per heavy atom. The second-order valence-electron chi connectivity index (χ2n) is 10.9. The predicted octanol–water partition coefficient (Wildman–Crippen LogP) is 12.0. The number of hydrogen-bond acceptors (Lipinski definition) is 2. The van der Waals surface area contributed by atoms with E-state index in [1.807, 2.05) is 23.5 Å². The molecule has 0 saturated heterocycles. The lowest BCUT2D eigenvalue weighted by atomic mass is 9.90. The zero-order chi connectivity index (χ0) is 27.6. The van der Waals surface area contributed by atoms with Crippen molar-refractivity contribution in [1.29, 1.82) is 0 Å². The summed E-state index contributed by atoms with van der Waals surface area (Å²) in [5.41, 5.74) is 9.77. The van der Waals surface area contributed by atoms with Gasteiger partial charge in [-0.25, -0.2) is 0 Å². The zero-order valence-corrected chi connectivity index (χ0v) is 23.5. The monoisotopic (exact) mass is 552 g/mol. The second-order valence-corrected chi connectivity index (χ2v) is 12.0. The molecule has 0 aliphatic carbocycles. The minimum absolute atomic E-state index is 0.918. The van der Waals surface area contributed by atoms with Gasteiger partial charge in [0.05, 0.1) is 0 Å². The van der Waals surface area contributed by atoms with Gasteiger partial charge in [-0.1, -0.05) is 121 Å². The SMILES string of the molecule is c1ccc2c(c1)Oc1ccc(-c3ccc(-c4ccc(-c5cccc6sc7ccccc7c56)cc4)cc3)c3cccc-2c13. The molecule has 196 valence electrons. The van der Waals surface area contributed by atoms with Crippen LogP contribution in [-0.2, 0) is 0 Å². The summed E-state index contributed by atoms with van der Waals surface area (Å²) >= 11 is 1.87. The number of rotatable bonds is 3. The van der Waals surface area contributed by atoms with Crippen LogP contribution in [0.1, 0.15) is 0 Å². The normalized spacial score (nSPS) is 12.0. The van der Waals surface area contributed by atoms with E-state index >= 15 is 0 Å². The third kappa shape index (κ3) is 3.56. The Balaban J connectivity index is 1.07. The Hall–Kier alpha value is -5.18. The average molecular weight is 553 g/mol. The molecule has 0 unspecified atom stereocenters. The molecular formula is C40H24OS. The van der Waals surface area contributed by atoms with Crippen LogP contribution in [0.2, 0.25) is 0 Å². The van der Waals surface area contributed by atoms with Gasteiger partial charge in [0.15, 0.2) is 0 Å². The van der Waals surface area contributed by atoms with Gasteiger partial charge >= 0.3 is 0 Å². The van der Waals surface area contributed by atoms with Crippen LogP contribution in [0.25, 0.3) is 75.5 Å². The maximum Gasteiger partial charge on any atom is 0.135 e. The minimum Gasteiger partial charge on any atom is -0.456 e. The van der Waals surface area contributed by atoms with E-state index in [0.717, 1.165) is 17.1 Å². The average Bonchev–Trinajstić information content (AvgIpc) is 3.44. The topological polar surface area (TPSA) is 9.23 Å². The molecule has 1 aromatic heterocycles. The molecule has 1 aliphatic rings. The molecule has 0 bridgehead atoms. The van der Waals surface area contributed by atoms with Gasteiger partial charge < -0.3 is 4.74 Å². The first-order valence-electron chi connectivity index (χ1n) is 14.3. The number of fused-ring (bicyclic) bond motifs is 5. The molecule has 7 aromatic carbocycles. The summed E-state index contributed by atoms with van der Waals surface area (Å²) in [4.78, 5) is 0. The van der Waals surface area contributed by atoms with Crippen molar-refractivity contribution in [1.82, 2.24) is 0 Å². The summed E-state index contributed by atoms with van der Waals surface area (Å²) < 4.78 is 8.97. The summed E-state index contributed by atoms with van der Waals surface area (Å²) in [6.45, 7) is 0. The Bertz CT molecular complexity index is 2310. The van der Waals surface area contributed by atoms with Crippen molar-refractivity contribution in [3.8, 4) is 56.0 Å². The highest BCUT2D eigenvalue weighted by Crippen LogP contribution is 2.48. The molecule has 0 amide bonds. The van der Waals surface area contributed by atoms with Crippen molar-refractivity contribution in [2.24, 2.45) is 0 Å². The largest absolute Gasteiger partial charge is 0.456 e. The van der Waals surface area contributed by atoms with Gasteiger partial charge in [-0.3, -0.25) is 0 Å². The van der Waals surface area contributed by atoms with Crippen molar-refractivity contribution >= 4 is 42.3 Å². The molecule has 9 rings (SSSR count). The highest BCUT2D eigenvalue weighted by atomic mass is 32.1. The molecule has 0 atom stereocenters. The van der Waals surface area contributed by atoms with E-state index in [2.05, 4.69) is 133 Å². The standard InChI is InChI=1S/C40H24OS/c1-3-12-35-31(7-1)33-11-5-10-32-29(23-24-36(41-35)39(32)33)27-19-15-25(16-20-27)26-17-21-28(22-18-26)30-9-6-14-38-40(30)34-8-2-4-13-37(34)42-38/h1-24H. The minimum atomic E-state index is 0.918. The lowest BCUT2D eigenvalue weighted by molar-refractivity contribution is 0.487. The fourth-order valence-electron chi connectivity index (χ4n) is 6.53. The molecule has 1 aliphatic heterocycles. The third-order valence-electron chi connectivity index (χ3n) is 8.53. The molecule has 1 nitrogen and oxygen atoms in total. The van der Waals surface area contributed by atoms with Gasteiger partial charge in [0.2, 0.25) is 0 Å². The number of hydrogen-bond donors (Lipinski definition) is 0.